The predicted octanol–water partition coefficient (Wildman–Crippen LogP) is 3.41. The zero-order chi connectivity index (χ0) is 23.9. The molecule has 0 atom stereocenters. The van der Waals surface area contributed by atoms with Gasteiger partial charge in [-0.05, 0) is 44.4 Å². The number of nitrogens with one attached hydrogen (secondary N) is 1. The smallest absolute Gasteiger partial charge is 0.296 e. The van der Waals surface area contributed by atoms with Crippen LogP contribution in [0.2, 0.25) is 0 Å². The summed E-state index contributed by atoms with van der Waals surface area (Å²) < 4.78 is 47.8. The number of aryl methyl sites for hydroxylation is 2. The van der Waals surface area contributed by atoms with Gasteiger partial charge in [0, 0.05) is 37.8 Å². The van der Waals surface area contributed by atoms with Gasteiger partial charge < -0.3 is 19.1 Å². The number of nitrogens with zero attached hydrogens (tertiary/aromatic N) is 4. The Bertz CT molecular complexity index is 1270. The first-order chi connectivity index (χ1) is 16.3. The summed E-state index contributed by atoms with van der Waals surface area (Å²) in [4.78, 5) is 6.83. The molecule has 184 valence electrons. The Labute approximate surface area is 199 Å². The maximum Gasteiger partial charge on any atom is 0.296 e. The van der Waals surface area contributed by atoms with Crippen LogP contribution in [0.3, 0.4) is 0 Å². The van der Waals surface area contributed by atoms with Crippen LogP contribution in [0, 0.1) is 13.8 Å². The zero-order valence-electron chi connectivity index (χ0n) is 19.6. The molecular weight excluding hydrogens is 458 g/mol. The molecule has 2 N–H and O–H groups in total. The van der Waals surface area contributed by atoms with Gasteiger partial charge >= 0.3 is 0 Å². The molecule has 0 unspecified atom stereocenters. The van der Waals surface area contributed by atoms with E-state index < -0.39 is 10.1 Å². The van der Waals surface area contributed by atoms with Crippen LogP contribution in [0.1, 0.15) is 43.2 Å². The van der Waals surface area contributed by atoms with E-state index in [4.69, 9.17) is 14.2 Å². The van der Waals surface area contributed by atoms with Gasteiger partial charge in [0.05, 0.1) is 24.4 Å². The third kappa shape index (κ3) is 4.45. The van der Waals surface area contributed by atoms with E-state index >= 15 is 0 Å². The number of benzene rings is 1. The molecule has 2 aromatic heterocycles. The van der Waals surface area contributed by atoms with Gasteiger partial charge in [-0.25, -0.2) is 4.98 Å². The van der Waals surface area contributed by atoms with Crippen LogP contribution in [0.25, 0.3) is 22.2 Å². The molecule has 3 heterocycles. The number of hydrogen-bond donors (Lipinski definition) is 2. The van der Waals surface area contributed by atoms with Crippen LogP contribution in [-0.2, 0) is 14.9 Å². The lowest BCUT2D eigenvalue weighted by Crippen LogP contribution is -2.39. The minimum absolute atomic E-state index is 0.201. The molecule has 3 aromatic rings. The molecule has 2 fully saturated rings. The highest BCUT2D eigenvalue weighted by Gasteiger charge is 2.28. The summed E-state index contributed by atoms with van der Waals surface area (Å²) in [7, 11) is -4.51. The van der Waals surface area contributed by atoms with Crippen molar-refractivity contribution in [3.8, 4) is 11.1 Å². The average molecular weight is 490 g/mol. The Morgan fingerprint density at radius 3 is 2.56 bits per heavy atom. The first-order valence-electron chi connectivity index (χ1n) is 11.8. The van der Waals surface area contributed by atoms with Gasteiger partial charge in [-0.2, -0.15) is 8.42 Å². The van der Waals surface area contributed by atoms with Crippen LogP contribution in [0.4, 0.5) is 5.95 Å². The highest BCUT2D eigenvalue weighted by atomic mass is 32.2. The third-order valence-electron chi connectivity index (χ3n) is 6.86. The first kappa shape index (κ1) is 23.3. The maximum atomic E-state index is 12.4. The van der Waals surface area contributed by atoms with Crippen LogP contribution in [0.15, 0.2) is 21.6 Å². The monoisotopic (exact) mass is 489 g/mol. The summed E-state index contributed by atoms with van der Waals surface area (Å²) in [5, 5.41) is 7.46. The van der Waals surface area contributed by atoms with Gasteiger partial charge in [-0.15, -0.1) is 0 Å². The van der Waals surface area contributed by atoms with Crippen molar-refractivity contribution < 1.29 is 22.2 Å². The van der Waals surface area contributed by atoms with Gasteiger partial charge in [0.15, 0.2) is 0 Å². The molecule has 1 aliphatic heterocycles. The van der Waals surface area contributed by atoms with Gasteiger partial charge in [-0.1, -0.05) is 18.0 Å². The SMILES string of the molecule is Cc1noc(C)c1-c1cc(S(=O)(=O)O)c2nc(NCCN3CCOCC3)n(C3CCCC3)c2c1. The van der Waals surface area contributed by atoms with Crippen molar-refractivity contribution >= 4 is 27.1 Å². The van der Waals surface area contributed by atoms with E-state index in [1.807, 2.05) is 13.0 Å². The quantitative estimate of drug-likeness (QED) is 0.481. The maximum absolute atomic E-state index is 12.4. The van der Waals surface area contributed by atoms with E-state index in [1.54, 1.807) is 6.92 Å². The van der Waals surface area contributed by atoms with Gasteiger partial charge in [0.2, 0.25) is 5.95 Å². The summed E-state index contributed by atoms with van der Waals surface area (Å²) in [5.74, 6) is 1.23. The number of ether oxygens (including phenoxy) is 1. The van der Waals surface area contributed by atoms with E-state index in [0.717, 1.165) is 64.1 Å². The fraction of sp³-hybridized carbons (Fsp3) is 0.565. The number of rotatable bonds is 7. The minimum Gasteiger partial charge on any atom is -0.379 e. The molecule has 1 aromatic carbocycles. The van der Waals surface area contributed by atoms with Crippen molar-refractivity contribution in [3.05, 3.63) is 23.6 Å². The number of aromatic nitrogens is 3. The molecule has 11 heteroatoms. The molecule has 34 heavy (non-hydrogen) atoms. The fourth-order valence-corrected chi connectivity index (χ4v) is 5.88. The Morgan fingerprint density at radius 1 is 1.18 bits per heavy atom. The molecule has 0 amide bonds. The Morgan fingerprint density at radius 2 is 1.91 bits per heavy atom. The number of imidazole rings is 1. The highest BCUT2D eigenvalue weighted by molar-refractivity contribution is 7.86. The van der Waals surface area contributed by atoms with Crippen LogP contribution in [0.5, 0.6) is 0 Å². The fourth-order valence-electron chi connectivity index (χ4n) is 5.21. The first-order valence-corrected chi connectivity index (χ1v) is 13.3. The van der Waals surface area contributed by atoms with Crippen LogP contribution >= 0.6 is 0 Å². The van der Waals surface area contributed by atoms with Crippen molar-refractivity contribution in [1.82, 2.24) is 19.6 Å². The Hall–Kier alpha value is -2.47. The van der Waals surface area contributed by atoms with E-state index in [1.165, 1.54) is 6.07 Å². The molecule has 0 bridgehead atoms. The van der Waals surface area contributed by atoms with E-state index in [-0.39, 0.29) is 16.5 Å². The summed E-state index contributed by atoms with van der Waals surface area (Å²) >= 11 is 0. The largest absolute Gasteiger partial charge is 0.379 e. The Kier molecular flexibility index (Phi) is 6.36. The molecule has 0 radical (unpaired) electrons. The van der Waals surface area contributed by atoms with Crippen molar-refractivity contribution in [1.29, 1.82) is 0 Å². The minimum atomic E-state index is -4.51. The number of fused-ring (bicyclic) bond motifs is 1. The van der Waals surface area contributed by atoms with Crippen molar-refractivity contribution in [2.45, 2.75) is 50.5 Å². The van der Waals surface area contributed by atoms with Crippen molar-refractivity contribution in [2.75, 3.05) is 44.7 Å². The second-order valence-corrected chi connectivity index (χ2v) is 10.5. The van der Waals surface area contributed by atoms with E-state index in [0.29, 0.717) is 35.0 Å². The van der Waals surface area contributed by atoms with Gasteiger partial charge in [0.1, 0.15) is 16.2 Å². The lowest BCUT2D eigenvalue weighted by Gasteiger charge is -2.26. The van der Waals surface area contributed by atoms with E-state index in [2.05, 4.69) is 19.9 Å². The van der Waals surface area contributed by atoms with Crippen molar-refractivity contribution in [2.24, 2.45) is 0 Å². The third-order valence-corrected chi connectivity index (χ3v) is 7.73. The second kappa shape index (κ2) is 9.29. The molecule has 5 rings (SSSR count). The standard InChI is InChI=1S/C23H31N5O5S/c1-15-21(16(2)33-26-15)17-13-19-22(20(14-17)34(29,30)31)25-23(28(19)18-5-3-4-6-18)24-7-8-27-9-11-32-12-10-27/h13-14,18H,3-12H2,1-2H3,(H,24,25)(H,29,30,31). The molecular formula is C23H31N5O5S. The predicted molar refractivity (Wildman–Crippen MR) is 128 cm³/mol. The molecule has 10 nitrogen and oxygen atoms in total. The van der Waals surface area contributed by atoms with Gasteiger partial charge in [-0.3, -0.25) is 9.45 Å². The summed E-state index contributed by atoms with van der Waals surface area (Å²) in [6.45, 7) is 8.39. The summed E-state index contributed by atoms with van der Waals surface area (Å²) in [5.41, 5.74) is 2.99. The average Bonchev–Trinajstić information content (AvgIpc) is 3.52. The lowest BCUT2D eigenvalue weighted by molar-refractivity contribution is 0.0398. The normalized spacial score (nSPS) is 18.2. The topological polar surface area (TPSA) is 123 Å². The molecule has 1 saturated carbocycles. The molecule has 1 saturated heterocycles. The van der Waals surface area contributed by atoms with E-state index in [9.17, 15) is 13.0 Å². The second-order valence-electron chi connectivity index (χ2n) is 9.14. The van der Waals surface area contributed by atoms with Crippen LogP contribution < -0.4 is 5.32 Å². The van der Waals surface area contributed by atoms with Gasteiger partial charge in [0.25, 0.3) is 10.1 Å². The summed E-state index contributed by atoms with van der Waals surface area (Å²) in [6.07, 6.45) is 4.24. The Balaban J connectivity index is 1.61. The number of anilines is 1. The summed E-state index contributed by atoms with van der Waals surface area (Å²) in [6, 6.07) is 3.62. The molecule has 0 spiro atoms. The number of morpholine rings is 1. The number of hydrogen-bond acceptors (Lipinski definition) is 8. The van der Waals surface area contributed by atoms with Crippen molar-refractivity contribution in [3.63, 3.8) is 0 Å². The zero-order valence-corrected chi connectivity index (χ0v) is 20.4. The molecule has 2 aliphatic rings. The highest BCUT2D eigenvalue weighted by Crippen LogP contribution is 2.39. The van der Waals surface area contributed by atoms with Crippen LogP contribution in [-0.4, -0.2) is 72.0 Å². The lowest BCUT2D eigenvalue weighted by atomic mass is 10.0. The molecule has 1 aliphatic carbocycles.